The number of aromatic nitrogens is 3. The molecule has 1 aromatic carbocycles. The van der Waals surface area contributed by atoms with E-state index in [1.165, 1.54) is 5.56 Å². The maximum Gasteiger partial charge on any atom is 0.151 e. The first kappa shape index (κ1) is 13.1. The van der Waals surface area contributed by atoms with Crippen molar-refractivity contribution < 1.29 is 0 Å². The van der Waals surface area contributed by atoms with Crippen LogP contribution in [-0.2, 0) is 20.0 Å². The zero-order valence-corrected chi connectivity index (χ0v) is 11.4. The highest BCUT2D eigenvalue weighted by Crippen LogP contribution is 2.17. The molecule has 0 fully saturated rings. The molecule has 0 aliphatic rings. The standard InChI is InChI=1S/C13H17ClN4/c1-10-3-4-11(12(14)7-10)8-15-6-5-13-16-9-18(2)17-13/h3-4,7,9,15H,5-6,8H2,1-2H3. The molecule has 0 radical (unpaired) electrons. The first-order valence-corrected chi connectivity index (χ1v) is 6.33. The third-order valence-corrected chi connectivity index (χ3v) is 3.05. The van der Waals surface area contributed by atoms with E-state index < -0.39 is 0 Å². The molecule has 18 heavy (non-hydrogen) atoms. The van der Waals surface area contributed by atoms with Gasteiger partial charge in [0, 0.05) is 31.6 Å². The Bertz CT molecular complexity index is 521. The average molecular weight is 265 g/mol. The van der Waals surface area contributed by atoms with Gasteiger partial charge in [-0.3, -0.25) is 4.68 Å². The second-order valence-corrected chi connectivity index (χ2v) is 4.76. The summed E-state index contributed by atoms with van der Waals surface area (Å²) in [6.45, 7) is 3.65. The Morgan fingerprint density at radius 3 is 2.89 bits per heavy atom. The lowest BCUT2D eigenvalue weighted by atomic mass is 10.1. The lowest BCUT2D eigenvalue weighted by Gasteiger charge is -2.06. The van der Waals surface area contributed by atoms with Gasteiger partial charge in [-0.2, -0.15) is 5.10 Å². The number of aryl methyl sites for hydroxylation is 2. The summed E-state index contributed by atoms with van der Waals surface area (Å²) in [5.74, 6) is 0.861. The van der Waals surface area contributed by atoms with Gasteiger partial charge in [0.1, 0.15) is 6.33 Å². The SMILES string of the molecule is Cc1ccc(CNCCc2ncn(C)n2)c(Cl)c1. The number of nitrogens with one attached hydrogen (secondary N) is 1. The van der Waals surface area contributed by atoms with Crippen LogP contribution in [0.3, 0.4) is 0 Å². The van der Waals surface area contributed by atoms with Crippen molar-refractivity contribution in [1.29, 1.82) is 0 Å². The summed E-state index contributed by atoms with van der Waals surface area (Å²) in [5, 5.41) is 8.39. The van der Waals surface area contributed by atoms with Gasteiger partial charge in [-0.25, -0.2) is 4.98 Å². The highest BCUT2D eigenvalue weighted by molar-refractivity contribution is 6.31. The molecule has 0 spiro atoms. The van der Waals surface area contributed by atoms with Crippen molar-refractivity contribution in [2.24, 2.45) is 7.05 Å². The number of nitrogens with zero attached hydrogens (tertiary/aromatic N) is 3. The molecule has 1 heterocycles. The average Bonchev–Trinajstić information content (AvgIpc) is 2.73. The van der Waals surface area contributed by atoms with E-state index in [-0.39, 0.29) is 0 Å². The van der Waals surface area contributed by atoms with Gasteiger partial charge in [-0.15, -0.1) is 0 Å². The number of hydrogen-bond acceptors (Lipinski definition) is 3. The molecule has 1 N–H and O–H groups in total. The van der Waals surface area contributed by atoms with Crippen molar-refractivity contribution in [2.45, 2.75) is 19.9 Å². The minimum absolute atomic E-state index is 0.770. The van der Waals surface area contributed by atoms with Crippen molar-refractivity contribution in [3.63, 3.8) is 0 Å². The van der Waals surface area contributed by atoms with E-state index in [2.05, 4.69) is 27.5 Å². The quantitative estimate of drug-likeness (QED) is 0.841. The van der Waals surface area contributed by atoms with E-state index in [4.69, 9.17) is 11.6 Å². The van der Waals surface area contributed by atoms with Crippen LogP contribution in [0.1, 0.15) is 17.0 Å². The molecule has 0 aliphatic heterocycles. The summed E-state index contributed by atoms with van der Waals surface area (Å²) in [7, 11) is 1.87. The monoisotopic (exact) mass is 264 g/mol. The van der Waals surface area contributed by atoms with Crippen molar-refractivity contribution >= 4 is 11.6 Å². The topological polar surface area (TPSA) is 42.7 Å². The van der Waals surface area contributed by atoms with Gasteiger partial charge < -0.3 is 5.32 Å². The second kappa shape index (κ2) is 5.98. The molecule has 0 saturated heterocycles. The van der Waals surface area contributed by atoms with Crippen LogP contribution in [-0.4, -0.2) is 21.3 Å². The van der Waals surface area contributed by atoms with Crippen LogP contribution in [0.2, 0.25) is 5.02 Å². The summed E-state index contributed by atoms with van der Waals surface area (Å²) in [6.07, 6.45) is 2.54. The van der Waals surface area contributed by atoms with Crippen LogP contribution in [0.15, 0.2) is 24.5 Å². The van der Waals surface area contributed by atoms with Crippen LogP contribution >= 0.6 is 11.6 Å². The molecule has 0 atom stereocenters. The van der Waals surface area contributed by atoms with E-state index in [1.807, 2.05) is 20.0 Å². The predicted molar refractivity (Wildman–Crippen MR) is 72.6 cm³/mol. The maximum atomic E-state index is 6.16. The van der Waals surface area contributed by atoms with Gasteiger partial charge in [-0.1, -0.05) is 23.7 Å². The molecular formula is C13H17ClN4. The normalized spacial score (nSPS) is 10.8. The Hall–Kier alpha value is -1.39. The van der Waals surface area contributed by atoms with Gasteiger partial charge in [-0.05, 0) is 24.1 Å². The number of halogens is 1. The summed E-state index contributed by atoms with van der Waals surface area (Å²) in [4.78, 5) is 4.18. The molecule has 2 aromatic rings. The fourth-order valence-electron chi connectivity index (χ4n) is 1.72. The fourth-order valence-corrected chi connectivity index (χ4v) is 2.02. The van der Waals surface area contributed by atoms with Crippen molar-refractivity contribution in [3.8, 4) is 0 Å². The zero-order valence-electron chi connectivity index (χ0n) is 10.7. The smallest absolute Gasteiger partial charge is 0.151 e. The van der Waals surface area contributed by atoms with Crippen LogP contribution < -0.4 is 5.32 Å². The molecule has 5 heteroatoms. The van der Waals surface area contributed by atoms with E-state index in [1.54, 1.807) is 11.0 Å². The van der Waals surface area contributed by atoms with Gasteiger partial charge in [0.2, 0.25) is 0 Å². The molecule has 0 unspecified atom stereocenters. The molecule has 4 nitrogen and oxygen atoms in total. The molecule has 96 valence electrons. The van der Waals surface area contributed by atoms with E-state index in [0.717, 1.165) is 35.9 Å². The molecular weight excluding hydrogens is 248 g/mol. The van der Waals surface area contributed by atoms with Gasteiger partial charge in [0.05, 0.1) is 0 Å². The van der Waals surface area contributed by atoms with E-state index in [9.17, 15) is 0 Å². The Labute approximate surface area is 112 Å². The Balaban J connectivity index is 1.78. The lowest BCUT2D eigenvalue weighted by molar-refractivity contribution is 0.661. The number of benzene rings is 1. The number of hydrogen-bond donors (Lipinski definition) is 1. The minimum atomic E-state index is 0.770. The van der Waals surface area contributed by atoms with E-state index in [0.29, 0.717) is 0 Å². The van der Waals surface area contributed by atoms with Crippen LogP contribution in [0.25, 0.3) is 0 Å². The molecule has 0 aliphatic carbocycles. The minimum Gasteiger partial charge on any atom is -0.312 e. The first-order chi connectivity index (χ1) is 8.65. The number of rotatable bonds is 5. The van der Waals surface area contributed by atoms with Crippen molar-refractivity contribution in [1.82, 2.24) is 20.1 Å². The summed E-state index contributed by atoms with van der Waals surface area (Å²) < 4.78 is 1.71. The van der Waals surface area contributed by atoms with Crippen LogP contribution in [0.4, 0.5) is 0 Å². The van der Waals surface area contributed by atoms with Gasteiger partial charge >= 0.3 is 0 Å². The Kier molecular flexibility index (Phi) is 4.33. The molecule has 0 bridgehead atoms. The maximum absolute atomic E-state index is 6.16. The molecule has 2 rings (SSSR count). The fraction of sp³-hybridized carbons (Fsp3) is 0.385. The predicted octanol–water partition coefficient (Wildman–Crippen LogP) is 2.11. The summed E-state index contributed by atoms with van der Waals surface area (Å²) in [5.41, 5.74) is 2.30. The van der Waals surface area contributed by atoms with E-state index >= 15 is 0 Å². The van der Waals surface area contributed by atoms with Gasteiger partial charge in [0.15, 0.2) is 5.82 Å². The highest BCUT2D eigenvalue weighted by Gasteiger charge is 2.01. The third kappa shape index (κ3) is 3.55. The Morgan fingerprint density at radius 2 is 2.22 bits per heavy atom. The lowest BCUT2D eigenvalue weighted by Crippen LogP contribution is -2.17. The highest BCUT2D eigenvalue weighted by atomic mass is 35.5. The first-order valence-electron chi connectivity index (χ1n) is 5.95. The second-order valence-electron chi connectivity index (χ2n) is 4.36. The zero-order chi connectivity index (χ0) is 13.0. The largest absolute Gasteiger partial charge is 0.312 e. The van der Waals surface area contributed by atoms with Crippen molar-refractivity contribution in [3.05, 3.63) is 46.5 Å². The van der Waals surface area contributed by atoms with Crippen LogP contribution in [0.5, 0.6) is 0 Å². The Morgan fingerprint density at radius 1 is 1.39 bits per heavy atom. The summed E-state index contributed by atoms with van der Waals surface area (Å²) >= 11 is 6.16. The third-order valence-electron chi connectivity index (χ3n) is 2.70. The van der Waals surface area contributed by atoms with Crippen LogP contribution in [0, 0.1) is 6.92 Å². The van der Waals surface area contributed by atoms with Gasteiger partial charge in [0.25, 0.3) is 0 Å². The molecule has 1 aromatic heterocycles. The van der Waals surface area contributed by atoms with Crippen molar-refractivity contribution in [2.75, 3.05) is 6.54 Å². The molecule has 0 saturated carbocycles. The molecule has 0 amide bonds. The summed E-state index contributed by atoms with van der Waals surface area (Å²) in [6, 6.07) is 6.12.